The van der Waals surface area contributed by atoms with Crippen LogP contribution in [0.25, 0.3) is 11.2 Å². The van der Waals surface area contributed by atoms with Gasteiger partial charge < -0.3 is 29.6 Å². The van der Waals surface area contributed by atoms with E-state index in [-0.39, 0.29) is 39.6 Å². The number of fused-ring (bicyclic) bond motifs is 1. The van der Waals surface area contributed by atoms with Crippen LogP contribution in [0.15, 0.2) is 6.33 Å². The third kappa shape index (κ3) is 10.8. The second-order valence-electron chi connectivity index (χ2n) is 7.91. The highest BCUT2D eigenvalue weighted by atomic mass is 35.5. The Morgan fingerprint density at radius 2 is 1.97 bits per heavy atom. The highest BCUT2D eigenvalue weighted by molar-refractivity contribution is 7.29. The number of carbonyl (C=O) groups excluding carboxylic acids is 2. The molecule has 4 atom stereocenters. The van der Waals surface area contributed by atoms with Crippen LogP contribution in [0.2, 0.25) is 5.28 Å². The Bertz CT molecular complexity index is 961. The minimum atomic E-state index is -1.28. The number of nitrogens with one attached hydrogen (secondary N) is 1. The van der Waals surface area contributed by atoms with Gasteiger partial charge in [-0.2, -0.15) is 9.97 Å². The van der Waals surface area contributed by atoms with Crippen molar-refractivity contribution < 1.29 is 37.8 Å². The van der Waals surface area contributed by atoms with Crippen molar-refractivity contribution in [3.63, 3.8) is 0 Å². The summed E-state index contributed by atoms with van der Waals surface area (Å²) in [6, 6.07) is 0. The molecule has 0 amide bonds. The zero-order chi connectivity index (χ0) is 27.3. The fraction of sp³-hybridized carbons (Fsp3) is 0.650. The monoisotopic (exact) mass is 554 g/mol. The van der Waals surface area contributed by atoms with Crippen molar-refractivity contribution in [3.05, 3.63) is 11.6 Å². The van der Waals surface area contributed by atoms with Crippen molar-refractivity contribution in [1.29, 1.82) is 0 Å². The summed E-state index contributed by atoms with van der Waals surface area (Å²) in [7, 11) is 2.39. The predicted octanol–water partition coefficient (Wildman–Crippen LogP) is 1.79. The molecule has 2 aromatic rings. The summed E-state index contributed by atoms with van der Waals surface area (Å²) < 4.78 is 35.5. The van der Waals surface area contributed by atoms with Gasteiger partial charge >= 0.3 is 11.9 Å². The van der Waals surface area contributed by atoms with E-state index in [2.05, 4.69) is 50.3 Å². The molecule has 36 heavy (non-hydrogen) atoms. The Balaban J connectivity index is 0.000000551. The molecule has 0 aliphatic carbocycles. The summed E-state index contributed by atoms with van der Waals surface area (Å²) in [5, 5.41) is 10.6. The summed E-state index contributed by atoms with van der Waals surface area (Å²) in [6.07, 6.45) is -1.09. The lowest BCUT2D eigenvalue weighted by Gasteiger charge is -2.16. The molecule has 3 rings (SSSR count). The van der Waals surface area contributed by atoms with E-state index in [0.717, 1.165) is 5.92 Å². The number of carbonyl (C=O) groups is 2. The van der Waals surface area contributed by atoms with E-state index in [0.29, 0.717) is 11.2 Å². The zero-order valence-electron chi connectivity index (χ0n) is 20.7. The van der Waals surface area contributed by atoms with Crippen LogP contribution < -0.4 is 10.8 Å². The van der Waals surface area contributed by atoms with Gasteiger partial charge in [0.15, 0.2) is 17.7 Å². The fourth-order valence-corrected chi connectivity index (χ4v) is 3.34. The number of aliphatic hydroxyl groups is 1. The summed E-state index contributed by atoms with van der Waals surface area (Å²) in [4.78, 5) is 32.6. The molecule has 13 nitrogen and oxygen atoms in total. The molecule has 1 fully saturated rings. The molecule has 204 valence electrons. The van der Waals surface area contributed by atoms with Crippen molar-refractivity contribution >= 4 is 49.5 Å². The number of methoxy groups -OCH3 is 2. The summed E-state index contributed by atoms with van der Waals surface area (Å²) in [5.41, 5.74) is 6.39. The molecule has 4 unspecified atom stereocenters. The molecule has 0 radical (unpaired) electrons. The number of esters is 2. The number of ether oxygens (including phenoxy) is 3. The van der Waals surface area contributed by atoms with Crippen LogP contribution in [0.1, 0.15) is 33.4 Å². The normalized spacial score (nSPS) is 19.1. The maximum Gasteiger partial charge on any atom is 0.331 e. The standard InChI is InChI=1S/C13H17ClFN6O4P.C4H10.C3H6O3/c1-23-8(22)3-18-26-24-4-6-2-7(15)12(25-6)21-5-17-9-10(16)19-13(14)20-11(9)21;1-4(2)3;1-6-3(5)2-4/h5-7,12,18,26H,2-4H2,1H3,(H2,16,19,20);4H,1-3H3;4H,2H2,1H3. The number of rotatable bonds is 8. The molecule has 0 saturated carbocycles. The molecule has 0 bridgehead atoms. The van der Waals surface area contributed by atoms with Crippen molar-refractivity contribution in [3.8, 4) is 0 Å². The van der Waals surface area contributed by atoms with Gasteiger partial charge in [0.25, 0.3) is 0 Å². The van der Waals surface area contributed by atoms with Crippen LogP contribution >= 0.6 is 20.6 Å². The zero-order valence-corrected chi connectivity index (χ0v) is 22.5. The van der Waals surface area contributed by atoms with Crippen molar-refractivity contribution in [2.45, 2.75) is 45.7 Å². The lowest BCUT2D eigenvalue weighted by molar-refractivity contribution is -0.143. The molecule has 2 aromatic heterocycles. The summed E-state index contributed by atoms with van der Waals surface area (Å²) in [5.74, 6) is -0.0473. The lowest BCUT2D eigenvalue weighted by Crippen LogP contribution is -2.19. The summed E-state index contributed by atoms with van der Waals surface area (Å²) in [6.45, 7) is 6.18. The van der Waals surface area contributed by atoms with Gasteiger partial charge in [-0.1, -0.05) is 20.8 Å². The minimum absolute atomic E-state index is 0.0394. The van der Waals surface area contributed by atoms with Crippen LogP contribution in [0.3, 0.4) is 0 Å². The van der Waals surface area contributed by atoms with Gasteiger partial charge in [-0.15, -0.1) is 0 Å². The van der Waals surface area contributed by atoms with Crippen LogP contribution in [0.5, 0.6) is 0 Å². The van der Waals surface area contributed by atoms with Crippen LogP contribution in [-0.4, -0.2) is 82.8 Å². The molecule has 3 heterocycles. The molecule has 0 aromatic carbocycles. The van der Waals surface area contributed by atoms with E-state index in [1.807, 2.05) is 0 Å². The van der Waals surface area contributed by atoms with Crippen LogP contribution in [-0.2, 0) is 28.3 Å². The van der Waals surface area contributed by atoms with Crippen molar-refractivity contribution in [2.75, 3.05) is 39.7 Å². The third-order valence-corrected chi connectivity index (χ3v) is 4.86. The van der Waals surface area contributed by atoms with Gasteiger partial charge in [-0.3, -0.25) is 14.4 Å². The minimum Gasteiger partial charge on any atom is -0.468 e. The molecule has 0 spiro atoms. The van der Waals surface area contributed by atoms with Gasteiger partial charge in [0.05, 0.1) is 48.8 Å². The van der Waals surface area contributed by atoms with Gasteiger partial charge in [0.2, 0.25) is 5.28 Å². The van der Waals surface area contributed by atoms with Gasteiger partial charge in [0.1, 0.15) is 18.3 Å². The first-order valence-corrected chi connectivity index (χ1v) is 12.1. The topological polar surface area (TPSA) is 173 Å². The van der Waals surface area contributed by atoms with E-state index in [1.54, 1.807) is 0 Å². The van der Waals surface area contributed by atoms with Crippen molar-refractivity contribution in [1.82, 2.24) is 24.6 Å². The maximum absolute atomic E-state index is 14.4. The number of nitrogens with two attached hydrogens (primary N) is 1. The lowest BCUT2D eigenvalue weighted by atomic mass is 10.2. The molecular formula is C20H33ClFN6O7P. The number of halogens is 2. The first-order chi connectivity index (χ1) is 17.0. The first-order valence-electron chi connectivity index (χ1n) is 10.8. The average molecular weight is 555 g/mol. The molecule has 1 aliphatic rings. The number of aromatic nitrogens is 4. The second kappa shape index (κ2) is 16.5. The Hall–Kier alpha value is -2.22. The number of nitrogen functional groups attached to an aromatic ring is 1. The maximum atomic E-state index is 14.4. The van der Waals surface area contributed by atoms with Gasteiger partial charge in [-0.25, -0.2) is 14.2 Å². The highest BCUT2D eigenvalue weighted by Gasteiger charge is 2.38. The number of imidazole rings is 1. The average Bonchev–Trinajstić information content (AvgIpc) is 3.41. The van der Waals surface area contributed by atoms with E-state index in [4.69, 9.17) is 31.7 Å². The highest BCUT2D eigenvalue weighted by Crippen LogP contribution is 2.34. The Morgan fingerprint density at radius 3 is 2.53 bits per heavy atom. The van der Waals surface area contributed by atoms with Crippen molar-refractivity contribution in [2.24, 2.45) is 5.92 Å². The second-order valence-corrected chi connectivity index (χ2v) is 9.10. The van der Waals surface area contributed by atoms with E-state index < -0.39 is 37.0 Å². The van der Waals surface area contributed by atoms with Gasteiger partial charge in [-0.05, 0) is 17.5 Å². The molecule has 16 heteroatoms. The van der Waals surface area contributed by atoms with Crippen LogP contribution in [0.4, 0.5) is 10.2 Å². The first kappa shape index (κ1) is 31.8. The van der Waals surface area contributed by atoms with Gasteiger partial charge in [0, 0.05) is 6.42 Å². The van der Waals surface area contributed by atoms with E-state index in [9.17, 15) is 14.0 Å². The smallest absolute Gasteiger partial charge is 0.331 e. The quantitative estimate of drug-likeness (QED) is 0.187. The number of aliphatic hydroxyl groups excluding tert-OH is 1. The number of hydrogen-bond donors (Lipinski definition) is 3. The Kier molecular flexibility index (Phi) is 14.6. The van der Waals surface area contributed by atoms with E-state index in [1.165, 1.54) is 25.1 Å². The molecule has 4 N–H and O–H groups in total. The Morgan fingerprint density at radius 1 is 1.33 bits per heavy atom. The molecule has 1 saturated heterocycles. The number of hydrogen-bond acceptors (Lipinski definition) is 12. The number of nitrogens with zero attached hydrogens (tertiary/aromatic N) is 4. The van der Waals surface area contributed by atoms with E-state index >= 15 is 0 Å². The largest absolute Gasteiger partial charge is 0.468 e. The number of alkyl halides is 1. The molecular weight excluding hydrogens is 522 g/mol. The number of anilines is 1. The third-order valence-electron chi connectivity index (χ3n) is 4.06. The predicted molar refractivity (Wildman–Crippen MR) is 132 cm³/mol. The van der Waals surface area contributed by atoms with Crippen LogP contribution in [0, 0.1) is 5.92 Å². The fourth-order valence-electron chi connectivity index (χ4n) is 2.58. The SMILES string of the molecule is CC(C)C.COC(=O)CNPOCC1CC(F)C(n2cnc3c(N)nc(Cl)nc32)O1.COC(=O)CO. The summed E-state index contributed by atoms with van der Waals surface area (Å²) >= 11 is 5.82. The molecule has 1 aliphatic heterocycles. The Labute approximate surface area is 215 Å².